The largest absolute Gasteiger partial charge is 0.378 e. The first-order valence-electron chi connectivity index (χ1n) is 5.60. The molecule has 0 unspecified atom stereocenters. The molecule has 1 aliphatic heterocycles. The van der Waals surface area contributed by atoms with Crippen molar-refractivity contribution in [2.75, 3.05) is 38.2 Å². The maximum Gasteiger partial charge on any atom is 0.242 e. The molecule has 1 aliphatic rings. The van der Waals surface area contributed by atoms with Crippen molar-refractivity contribution < 1.29 is 9.53 Å². The number of nitrogens with zero attached hydrogens (tertiary/aromatic N) is 1. The van der Waals surface area contributed by atoms with Crippen LogP contribution in [0.1, 0.15) is 0 Å². The predicted octanol–water partition coefficient (Wildman–Crippen LogP) is 1.61. The second kappa shape index (κ2) is 5.89. The van der Waals surface area contributed by atoms with Crippen LogP contribution in [-0.4, -0.2) is 43.7 Å². The zero-order chi connectivity index (χ0) is 12.1. The summed E-state index contributed by atoms with van der Waals surface area (Å²) in [6, 6.07) is 7.30. The Morgan fingerprint density at radius 2 is 1.94 bits per heavy atom. The fourth-order valence-corrected chi connectivity index (χ4v) is 1.80. The lowest BCUT2D eigenvalue weighted by Crippen LogP contribution is -2.43. The molecule has 0 radical (unpaired) electrons. The van der Waals surface area contributed by atoms with Crippen LogP contribution in [0, 0.1) is 0 Å². The van der Waals surface area contributed by atoms with Gasteiger partial charge in [0.25, 0.3) is 0 Å². The van der Waals surface area contributed by atoms with E-state index in [9.17, 15) is 4.79 Å². The number of amides is 1. The Hall–Kier alpha value is -1.26. The summed E-state index contributed by atoms with van der Waals surface area (Å²) >= 11 is 5.78. The summed E-state index contributed by atoms with van der Waals surface area (Å²) in [6.45, 7) is 2.93. The lowest BCUT2D eigenvalue weighted by molar-refractivity contribution is -0.133. The minimum atomic E-state index is 0.100. The summed E-state index contributed by atoms with van der Waals surface area (Å²) in [5.74, 6) is 0.100. The van der Waals surface area contributed by atoms with E-state index in [-0.39, 0.29) is 5.91 Å². The molecule has 0 saturated carbocycles. The minimum absolute atomic E-state index is 0.100. The fourth-order valence-electron chi connectivity index (χ4n) is 1.67. The lowest BCUT2D eigenvalue weighted by atomic mass is 10.3. The van der Waals surface area contributed by atoms with Crippen molar-refractivity contribution in [2.45, 2.75) is 0 Å². The maximum atomic E-state index is 11.8. The van der Waals surface area contributed by atoms with Gasteiger partial charge in [-0.05, 0) is 24.3 Å². The van der Waals surface area contributed by atoms with Gasteiger partial charge in [0.05, 0.1) is 19.8 Å². The normalized spacial score (nSPS) is 15.7. The summed E-state index contributed by atoms with van der Waals surface area (Å²) in [6.07, 6.45) is 0. The van der Waals surface area contributed by atoms with Crippen LogP contribution in [0.5, 0.6) is 0 Å². The number of anilines is 1. The molecular formula is C12H15ClN2O2. The van der Waals surface area contributed by atoms with Crippen molar-refractivity contribution in [1.29, 1.82) is 0 Å². The van der Waals surface area contributed by atoms with Crippen LogP contribution in [-0.2, 0) is 9.53 Å². The van der Waals surface area contributed by atoms with Gasteiger partial charge in [-0.3, -0.25) is 4.79 Å². The molecule has 5 heteroatoms. The summed E-state index contributed by atoms with van der Waals surface area (Å²) < 4.78 is 5.20. The standard InChI is InChI=1S/C12H15ClN2O2/c13-10-1-3-11(4-2-10)14-9-12(16)15-5-7-17-8-6-15/h1-4,14H,5-9H2. The van der Waals surface area contributed by atoms with E-state index in [4.69, 9.17) is 16.3 Å². The number of rotatable bonds is 3. The highest BCUT2D eigenvalue weighted by atomic mass is 35.5. The van der Waals surface area contributed by atoms with Crippen molar-refractivity contribution in [3.05, 3.63) is 29.3 Å². The van der Waals surface area contributed by atoms with Crippen molar-refractivity contribution in [3.63, 3.8) is 0 Å². The zero-order valence-corrected chi connectivity index (χ0v) is 10.2. The first-order valence-corrected chi connectivity index (χ1v) is 5.98. The van der Waals surface area contributed by atoms with E-state index in [0.717, 1.165) is 5.69 Å². The lowest BCUT2D eigenvalue weighted by Gasteiger charge is -2.27. The first-order chi connectivity index (χ1) is 8.25. The molecule has 17 heavy (non-hydrogen) atoms. The Morgan fingerprint density at radius 1 is 1.29 bits per heavy atom. The summed E-state index contributed by atoms with van der Waals surface area (Å²) in [5.41, 5.74) is 0.899. The number of hydrogen-bond acceptors (Lipinski definition) is 3. The van der Waals surface area contributed by atoms with Gasteiger partial charge < -0.3 is 15.0 Å². The molecule has 4 nitrogen and oxygen atoms in total. The predicted molar refractivity (Wildman–Crippen MR) is 67.3 cm³/mol. The second-order valence-electron chi connectivity index (χ2n) is 3.85. The Morgan fingerprint density at radius 3 is 2.59 bits per heavy atom. The van der Waals surface area contributed by atoms with Gasteiger partial charge in [-0.25, -0.2) is 0 Å². The Kier molecular flexibility index (Phi) is 4.23. The number of ether oxygens (including phenoxy) is 1. The van der Waals surface area contributed by atoms with E-state index in [0.29, 0.717) is 37.9 Å². The highest BCUT2D eigenvalue weighted by molar-refractivity contribution is 6.30. The number of hydrogen-bond donors (Lipinski definition) is 1. The van der Waals surface area contributed by atoms with Gasteiger partial charge in [0.1, 0.15) is 0 Å². The molecule has 1 amide bonds. The number of nitrogens with one attached hydrogen (secondary N) is 1. The molecular weight excluding hydrogens is 240 g/mol. The van der Waals surface area contributed by atoms with E-state index in [1.807, 2.05) is 17.0 Å². The van der Waals surface area contributed by atoms with Crippen LogP contribution in [0.3, 0.4) is 0 Å². The highest BCUT2D eigenvalue weighted by Gasteiger charge is 2.15. The quantitative estimate of drug-likeness (QED) is 0.891. The topological polar surface area (TPSA) is 41.6 Å². The van der Waals surface area contributed by atoms with Gasteiger partial charge in [-0.2, -0.15) is 0 Å². The SMILES string of the molecule is O=C(CNc1ccc(Cl)cc1)N1CCOCC1. The fraction of sp³-hybridized carbons (Fsp3) is 0.417. The van der Waals surface area contributed by atoms with Gasteiger partial charge in [0, 0.05) is 23.8 Å². The van der Waals surface area contributed by atoms with Crippen LogP contribution < -0.4 is 5.32 Å². The van der Waals surface area contributed by atoms with E-state index >= 15 is 0 Å². The Bertz CT molecular complexity index is 375. The van der Waals surface area contributed by atoms with Gasteiger partial charge in [-0.15, -0.1) is 0 Å². The maximum absolute atomic E-state index is 11.8. The van der Waals surface area contributed by atoms with Gasteiger partial charge in [-0.1, -0.05) is 11.6 Å². The molecule has 0 aromatic heterocycles. The molecule has 1 aromatic carbocycles. The molecule has 92 valence electrons. The van der Waals surface area contributed by atoms with E-state index < -0.39 is 0 Å². The van der Waals surface area contributed by atoms with Crippen LogP contribution in [0.25, 0.3) is 0 Å². The third-order valence-electron chi connectivity index (χ3n) is 2.65. The molecule has 0 bridgehead atoms. The molecule has 0 spiro atoms. The molecule has 1 aromatic rings. The van der Waals surface area contributed by atoms with E-state index in [1.165, 1.54) is 0 Å². The van der Waals surface area contributed by atoms with Crippen LogP contribution in [0.15, 0.2) is 24.3 Å². The molecule has 0 atom stereocenters. The van der Waals surface area contributed by atoms with Gasteiger partial charge in [0.2, 0.25) is 5.91 Å². The molecule has 1 fully saturated rings. The van der Waals surface area contributed by atoms with E-state index in [1.54, 1.807) is 12.1 Å². The Labute approximate surface area is 106 Å². The van der Waals surface area contributed by atoms with Gasteiger partial charge in [0.15, 0.2) is 0 Å². The van der Waals surface area contributed by atoms with Crippen molar-refractivity contribution >= 4 is 23.2 Å². The Balaban J connectivity index is 1.81. The third kappa shape index (κ3) is 3.61. The van der Waals surface area contributed by atoms with Crippen LogP contribution in [0.4, 0.5) is 5.69 Å². The minimum Gasteiger partial charge on any atom is -0.378 e. The number of morpholine rings is 1. The highest BCUT2D eigenvalue weighted by Crippen LogP contribution is 2.13. The summed E-state index contributed by atoms with van der Waals surface area (Å²) in [4.78, 5) is 13.6. The monoisotopic (exact) mass is 254 g/mol. The van der Waals surface area contributed by atoms with Gasteiger partial charge >= 0.3 is 0 Å². The smallest absolute Gasteiger partial charge is 0.242 e. The summed E-state index contributed by atoms with van der Waals surface area (Å²) in [7, 11) is 0. The number of benzene rings is 1. The van der Waals surface area contributed by atoms with Crippen LogP contribution in [0.2, 0.25) is 5.02 Å². The molecule has 1 heterocycles. The van der Waals surface area contributed by atoms with Crippen molar-refractivity contribution in [2.24, 2.45) is 0 Å². The average Bonchev–Trinajstić information content (AvgIpc) is 2.39. The van der Waals surface area contributed by atoms with Crippen molar-refractivity contribution in [1.82, 2.24) is 4.90 Å². The molecule has 2 rings (SSSR count). The van der Waals surface area contributed by atoms with E-state index in [2.05, 4.69) is 5.32 Å². The zero-order valence-electron chi connectivity index (χ0n) is 9.49. The van der Waals surface area contributed by atoms with Crippen LogP contribution >= 0.6 is 11.6 Å². The number of carbonyl (C=O) groups excluding carboxylic acids is 1. The third-order valence-corrected chi connectivity index (χ3v) is 2.90. The molecule has 1 saturated heterocycles. The number of carbonyl (C=O) groups is 1. The first kappa shape index (κ1) is 12.2. The average molecular weight is 255 g/mol. The summed E-state index contributed by atoms with van der Waals surface area (Å²) in [5, 5.41) is 3.77. The molecule has 1 N–H and O–H groups in total. The molecule has 0 aliphatic carbocycles. The second-order valence-corrected chi connectivity index (χ2v) is 4.29. The van der Waals surface area contributed by atoms with Crippen molar-refractivity contribution in [3.8, 4) is 0 Å². The number of halogens is 1.